The Hall–Kier alpha value is -0.900. The summed E-state index contributed by atoms with van der Waals surface area (Å²) in [6.07, 6.45) is 1.63. The number of nitrogens with zero attached hydrogens (tertiary/aromatic N) is 1. The van der Waals surface area contributed by atoms with E-state index in [0.29, 0.717) is 0 Å². The zero-order valence-corrected chi connectivity index (χ0v) is 9.46. The van der Waals surface area contributed by atoms with Crippen molar-refractivity contribution in [3.63, 3.8) is 0 Å². The van der Waals surface area contributed by atoms with Gasteiger partial charge in [-0.3, -0.25) is 14.5 Å². The number of amides is 1. The molecule has 0 spiro atoms. The predicted octanol–water partition coefficient (Wildman–Crippen LogP) is 0.422. The first-order valence-electron chi connectivity index (χ1n) is 5.04. The van der Waals surface area contributed by atoms with Crippen LogP contribution >= 0.6 is 0 Å². The molecule has 1 N–H and O–H groups in total. The Morgan fingerprint density at radius 2 is 1.93 bits per heavy atom. The smallest absolute Gasteiger partial charge is 0.288 e. The van der Waals surface area contributed by atoms with E-state index in [9.17, 15) is 9.59 Å². The van der Waals surface area contributed by atoms with Crippen molar-refractivity contribution in [2.24, 2.45) is 0 Å². The van der Waals surface area contributed by atoms with Crippen LogP contribution in [0.25, 0.3) is 0 Å². The van der Waals surface area contributed by atoms with Crippen molar-refractivity contribution >= 4 is 11.7 Å². The molecule has 4 heteroatoms. The molecule has 0 aliphatic heterocycles. The lowest BCUT2D eigenvalue weighted by Gasteiger charge is -2.24. The molecular formula is C10H20N2O2. The van der Waals surface area contributed by atoms with Crippen molar-refractivity contribution in [3.05, 3.63) is 0 Å². The van der Waals surface area contributed by atoms with E-state index in [2.05, 4.69) is 5.32 Å². The number of hydrogen-bond acceptors (Lipinski definition) is 3. The highest BCUT2D eigenvalue weighted by molar-refractivity contribution is 6.38. The maximum Gasteiger partial charge on any atom is 0.288 e. The van der Waals surface area contributed by atoms with Crippen LogP contribution in [-0.4, -0.2) is 43.3 Å². The molecule has 0 heterocycles. The summed E-state index contributed by atoms with van der Waals surface area (Å²) in [5.74, 6) is -0.831. The van der Waals surface area contributed by atoms with Crippen LogP contribution in [0.15, 0.2) is 0 Å². The molecule has 0 aliphatic carbocycles. The standard InChI is InChI=1S/C10H20N2O2/c1-5-7-8(12(4)6-2)9(13)10(14)11-3/h8H,5-7H2,1-4H3,(H,11,14)/t8-/m0/s1. The molecule has 4 nitrogen and oxygen atoms in total. The van der Waals surface area contributed by atoms with Crippen LogP contribution in [0.5, 0.6) is 0 Å². The van der Waals surface area contributed by atoms with Gasteiger partial charge in [0.05, 0.1) is 6.04 Å². The highest BCUT2D eigenvalue weighted by Gasteiger charge is 2.26. The average Bonchev–Trinajstić information content (AvgIpc) is 2.22. The Labute approximate surface area is 85.7 Å². The lowest BCUT2D eigenvalue weighted by atomic mass is 10.1. The molecule has 0 aromatic carbocycles. The molecule has 82 valence electrons. The fourth-order valence-electron chi connectivity index (χ4n) is 1.32. The van der Waals surface area contributed by atoms with Gasteiger partial charge in [0, 0.05) is 7.05 Å². The molecule has 0 saturated heterocycles. The summed E-state index contributed by atoms with van der Waals surface area (Å²) in [5.41, 5.74) is 0. The molecule has 0 bridgehead atoms. The van der Waals surface area contributed by atoms with E-state index in [0.717, 1.165) is 19.4 Å². The van der Waals surface area contributed by atoms with Crippen LogP contribution in [0.2, 0.25) is 0 Å². The Morgan fingerprint density at radius 3 is 2.29 bits per heavy atom. The van der Waals surface area contributed by atoms with E-state index >= 15 is 0 Å². The molecule has 1 atom stereocenters. The van der Waals surface area contributed by atoms with E-state index in [4.69, 9.17) is 0 Å². The van der Waals surface area contributed by atoms with Gasteiger partial charge in [0.15, 0.2) is 0 Å². The summed E-state index contributed by atoms with van der Waals surface area (Å²) in [6.45, 7) is 4.75. The minimum Gasteiger partial charge on any atom is -0.353 e. The minimum absolute atomic E-state index is 0.273. The molecule has 0 aliphatic rings. The molecule has 0 radical (unpaired) electrons. The van der Waals surface area contributed by atoms with E-state index in [-0.39, 0.29) is 11.8 Å². The highest BCUT2D eigenvalue weighted by atomic mass is 16.2. The van der Waals surface area contributed by atoms with Gasteiger partial charge in [-0.25, -0.2) is 0 Å². The Morgan fingerprint density at radius 1 is 1.36 bits per heavy atom. The third kappa shape index (κ3) is 3.46. The molecule has 0 saturated carbocycles. The van der Waals surface area contributed by atoms with Gasteiger partial charge in [-0.15, -0.1) is 0 Å². The van der Waals surface area contributed by atoms with Gasteiger partial charge in [0.1, 0.15) is 0 Å². The van der Waals surface area contributed by atoms with Crippen LogP contribution in [0.1, 0.15) is 26.7 Å². The van der Waals surface area contributed by atoms with Crippen molar-refractivity contribution in [3.8, 4) is 0 Å². The van der Waals surface area contributed by atoms with Crippen molar-refractivity contribution < 1.29 is 9.59 Å². The van der Waals surface area contributed by atoms with E-state index < -0.39 is 5.91 Å². The fraction of sp³-hybridized carbons (Fsp3) is 0.800. The number of carbonyl (C=O) groups is 2. The second-order valence-corrected chi connectivity index (χ2v) is 3.32. The van der Waals surface area contributed by atoms with Crippen molar-refractivity contribution in [1.29, 1.82) is 0 Å². The van der Waals surface area contributed by atoms with Crippen LogP contribution in [-0.2, 0) is 9.59 Å². The summed E-state index contributed by atoms with van der Waals surface area (Å²) in [5, 5.41) is 2.37. The summed E-state index contributed by atoms with van der Waals surface area (Å²) in [6, 6.07) is -0.273. The minimum atomic E-state index is -0.497. The maximum atomic E-state index is 11.6. The lowest BCUT2D eigenvalue weighted by molar-refractivity contribution is -0.140. The SMILES string of the molecule is CCC[C@@H](C(=O)C(=O)NC)N(C)CC. The Balaban J connectivity index is 4.47. The molecule has 0 aromatic rings. The summed E-state index contributed by atoms with van der Waals surface area (Å²) in [4.78, 5) is 24.7. The van der Waals surface area contributed by atoms with Gasteiger partial charge in [-0.1, -0.05) is 20.3 Å². The average molecular weight is 200 g/mol. The van der Waals surface area contributed by atoms with Crippen molar-refractivity contribution in [2.45, 2.75) is 32.7 Å². The van der Waals surface area contributed by atoms with Crippen LogP contribution in [0, 0.1) is 0 Å². The first-order valence-corrected chi connectivity index (χ1v) is 5.04. The van der Waals surface area contributed by atoms with Crippen molar-refractivity contribution in [1.82, 2.24) is 10.2 Å². The van der Waals surface area contributed by atoms with Gasteiger partial charge in [0.2, 0.25) is 5.78 Å². The summed E-state index contributed by atoms with van der Waals surface area (Å²) in [7, 11) is 3.34. The number of ketones is 1. The first-order chi connectivity index (χ1) is 6.58. The quantitative estimate of drug-likeness (QED) is 0.632. The molecule has 1 amide bonds. The molecule has 0 rings (SSSR count). The zero-order chi connectivity index (χ0) is 11.1. The van der Waals surface area contributed by atoms with Gasteiger partial charge >= 0.3 is 0 Å². The van der Waals surface area contributed by atoms with Gasteiger partial charge in [-0.05, 0) is 20.0 Å². The Kier molecular flexibility index (Phi) is 6.12. The normalized spacial score (nSPS) is 12.6. The van der Waals surface area contributed by atoms with Gasteiger partial charge < -0.3 is 5.32 Å². The zero-order valence-electron chi connectivity index (χ0n) is 9.46. The monoisotopic (exact) mass is 200 g/mol. The number of carbonyl (C=O) groups excluding carboxylic acids is 2. The van der Waals surface area contributed by atoms with Gasteiger partial charge in [-0.2, -0.15) is 0 Å². The molecular weight excluding hydrogens is 180 g/mol. The summed E-state index contributed by atoms with van der Waals surface area (Å²) < 4.78 is 0. The number of rotatable bonds is 6. The largest absolute Gasteiger partial charge is 0.353 e. The maximum absolute atomic E-state index is 11.6. The van der Waals surface area contributed by atoms with E-state index in [1.807, 2.05) is 25.8 Å². The Bertz CT molecular complexity index is 204. The molecule has 0 unspecified atom stereocenters. The summed E-state index contributed by atoms with van der Waals surface area (Å²) >= 11 is 0. The molecule has 0 fully saturated rings. The number of likely N-dealkylation sites (N-methyl/N-ethyl adjacent to an activating group) is 2. The number of nitrogens with one attached hydrogen (secondary N) is 1. The second-order valence-electron chi connectivity index (χ2n) is 3.32. The third-order valence-electron chi connectivity index (χ3n) is 2.35. The fourth-order valence-corrected chi connectivity index (χ4v) is 1.32. The topological polar surface area (TPSA) is 49.4 Å². The van der Waals surface area contributed by atoms with Crippen molar-refractivity contribution in [2.75, 3.05) is 20.6 Å². The first kappa shape index (κ1) is 13.1. The van der Waals surface area contributed by atoms with Crippen LogP contribution in [0.3, 0.4) is 0 Å². The van der Waals surface area contributed by atoms with Crippen LogP contribution < -0.4 is 5.32 Å². The van der Waals surface area contributed by atoms with Gasteiger partial charge in [0.25, 0.3) is 5.91 Å². The van der Waals surface area contributed by atoms with E-state index in [1.165, 1.54) is 7.05 Å². The lowest BCUT2D eigenvalue weighted by Crippen LogP contribution is -2.45. The highest BCUT2D eigenvalue weighted by Crippen LogP contribution is 2.06. The number of Topliss-reactive ketones (excluding diaryl/α,β-unsaturated/α-hetero) is 1. The predicted molar refractivity (Wildman–Crippen MR) is 56.1 cm³/mol. The second kappa shape index (κ2) is 6.54. The van der Waals surface area contributed by atoms with Crippen LogP contribution in [0.4, 0.5) is 0 Å². The molecule has 14 heavy (non-hydrogen) atoms. The van der Waals surface area contributed by atoms with E-state index in [1.54, 1.807) is 0 Å². The molecule has 0 aromatic heterocycles. The third-order valence-corrected chi connectivity index (χ3v) is 2.35. The number of hydrogen-bond donors (Lipinski definition) is 1.